The summed E-state index contributed by atoms with van der Waals surface area (Å²) in [7, 11) is -4.93. The lowest BCUT2D eigenvalue weighted by atomic mass is 9.80. The van der Waals surface area contributed by atoms with Crippen LogP contribution < -0.4 is 0 Å². The van der Waals surface area contributed by atoms with Crippen molar-refractivity contribution in [1.82, 2.24) is 0 Å². The van der Waals surface area contributed by atoms with E-state index in [2.05, 4.69) is 207 Å². The molecular formula is C60H62Si2. The summed E-state index contributed by atoms with van der Waals surface area (Å²) in [4.78, 5) is 0. The summed E-state index contributed by atoms with van der Waals surface area (Å²) in [6.07, 6.45) is 62.4. The van der Waals surface area contributed by atoms with Crippen molar-refractivity contribution < 1.29 is 0 Å². The lowest BCUT2D eigenvalue weighted by Gasteiger charge is -2.40. The zero-order valence-corrected chi connectivity index (χ0v) is 38.9. The van der Waals surface area contributed by atoms with E-state index in [0.29, 0.717) is 23.7 Å². The van der Waals surface area contributed by atoms with E-state index >= 15 is 0 Å². The van der Waals surface area contributed by atoms with Gasteiger partial charge >= 0.3 is 0 Å². The van der Waals surface area contributed by atoms with Crippen LogP contribution >= 0.6 is 0 Å². The lowest BCUT2D eigenvalue weighted by molar-refractivity contribution is 0.728. The first-order valence-corrected chi connectivity index (χ1v) is 29.2. The van der Waals surface area contributed by atoms with Crippen LogP contribution in [0.25, 0.3) is 10.8 Å². The molecular weight excluding hydrogens is 777 g/mol. The van der Waals surface area contributed by atoms with Gasteiger partial charge in [-0.3, -0.25) is 0 Å². The topological polar surface area (TPSA) is 0 Å². The second-order valence-electron chi connectivity index (χ2n) is 19.0. The first-order chi connectivity index (χ1) is 30.6. The van der Waals surface area contributed by atoms with Gasteiger partial charge in [-0.05, 0) is 118 Å². The van der Waals surface area contributed by atoms with E-state index in [0.717, 1.165) is 51.4 Å². The van der Waals surface area contributed by atoms with E-state index in [1.165, 1.54) is 39.9 Å². The van der Waals surface area contributed by atoms with E-state index in [4.69, 9.17) is 0 Å². The summed E-state index contributed by atoms with van der Waals surface area (Å²) in [6, 6.07) is 25.7. The fraction of sp³-hybridized carbons (Fsp3) is 0.267. The molecule has 0 saturated heterocycles. The first-order valence-electron chi connectivity index (χ1n) is 23.7. The molecule has 2 aliphatic heterocycles. The molecule has 0 fully saturated rings. The number of rotatable bonds is 11. The standard InChI is InChI=1S/C60H62Si2/c1-61(57(49-35-19-7-20-36-49)53(45-27-11-3-12-28-45)54(46-29-13-4-14-30-46)58(61)50-37-21-8-22-38-50)43-44-62(2)59(51-39-23-9-24-40-51)55(47-31-15-5-16-32-47)56(48-33-17-6-18-34-48)60(62)52-41-25-10-26-42-52/h3-5,7-9,11-17,19-25,27-29,31,33-37,39,41-42,46-47,50-51H,6,10,18,26,30,32,38,40,43-44H2,1-2H3. The van der Waals surface area contributed by atoms with Crippen LogP contribution in [0.5, 0.6) is 0 Å². The Bertz CT molecular complexity index is 2600. The van der Waals surface area contributed by atoms with Crippen molar-refractivity contribution in [2.45, 2.75) is 76.5 Å². The molecule has 2 heterocycles. The fourth-order valence-corrected chi connectivity index (χ4v) is 25.2. The van der Waals surface area contributed by atoms with Gasteiger partial charge in [0, 0.05) is 11.8 Å². The van der Waals surface area contributed by atoms with Crippen LogP contribution in [0.3, 0.4) is 0 Å². The highest BCUT2D eigenvalue weighted by Gasteiger charge is 2.54. The van der Waals surface area contributed by atoms with Crippen LogP contribution in [0.15, 0.2) is 238 Å². The molecule has 0 bridgehead atoms. The Morgan fingerprint density at radius 2 is 0.855 bits per heavy atom. The van der Waals surface area contributed by atoms with Gasteiger partial charge in [-0.25, -0.2) is 0 Å². The van der Waals surface area contributed by atoms with Crippen LogP contribution in [-0.2, 0) is 0 Å². The number of benzene rings is 2. The normalized spacial score (nSPS) is 30.1. The summed E-state index contributed by atoms with van der Waals surface area (Å²) in [5.41, 5.74) is 12.3. The summed E-state index contributed by atoms with van der Waals surface area (Å²) in [6.45, 7) is 5.66. The van der Waals surface area contributed by atoms with Gasteiger partial charge in [-0.15, -0.1) is 0 Å². The van der Waals surface area contributed by atoms with Gasteiger partial charge < -0.3 is 0 Å². The lowest BCUT2D eigenvalue weighted by Crippen LogP contribution is -2.44. The molecule has 6 aliphatic carbocycles. The zero-order valence-electron chi connectivity index (χ0n) is 36.9. The first kappa shape index (κ1) is 40.8. The molecule has 0 saturated carbocycles. The summed E-state index contributed by atoms with van der Waals surface area (Å²) < 4.78 is 0. The van der Waals surface area contributed by atoms with Crippen molar-refractivity contribution >= 4 is 26.9 Å². The minimum absolute atomic E-state index is 0.355. The molecule has 0 nitrogen and oxygen atoms in total. The van der Waals surface area contributed by atoms with E-state index in [9.17, 15) is 0 Å². The van der Waals surface area contributed by atoms with Crippen molar-refractivity contribution in [1.29, 1.82) is 0 Å². The van der Waals surface area contributed by atoms with E-state index in [1.807, 2.05) is 5.20 Å². The Morgan fingerprint density at radius 1 is 0.419 bits per heavy atom. The maximum absolute atomic E-state index is 2.84. The molecule has 2 heteroatoms. The summed E-state index contributed by atoms with van der Waals surface area (Å²) in [5.74, 6) is 1.55. The van der Waals surface area contributed by atoms with E-state index in [-0.39, 0.29) is 0 Å². The van der Waals surface area contributed by atoms with Gasteiger partial charge in [0.15, 0.2) is 0 Å². The minimum Gasteiger partial charge on any atom is -0.0837 e. The molecule has 2 aromatic carbocycles. The number of hydrogen-bond acceptors (Lipinski definition) is 0. The maximum Gasteiger partial charge on any atom is 0.113 e. The highest BCUT2D eigenvalue weighted by atomic mass is 28.3. The SMILES string of the molecule is C[Si]1(CC[Si]2(C)C(c3ccccc3)=C(c3ccccc3)C(C3C=CC=CC3)=C2C2C=CC=CC2)C(C2=CCCC=C2)=C(C2=CCCC=C2)C(C2C=CC=CC2)=C1C1C=CC=CC1. The molecule has 0 spiro atoms. The largest absolute Gasteiger partial charge is 0.113 e. The van der Waals surface area contributed by atoms with Gasteiger partial charge in [0.1, 0.15) is 16.1 Å². The average Bonchev–Trinajstić information content (AvgIpc) is 3.79. The second kappa shape index (κ2) is 17.8. The van der Waals surface area contributed by atoms with Gasteiger partial charge in [-0.2, -0.15) is 0 Å². The number of hydrogen-bond donors (Lipinski definition) is 0. The van der Waals surface area contributed by atoms with Crippen LogP contribution in [0.2, 0.25) is 25.2 Å². The third kappa shape index (κ3) is 7.43. The van der Waals surface area contributed by atoms with Gasteiger partial charge in [0.2, 0.25) is 0 Å². The van der Waals surface area contributed by atoms with Crippen molar-refractivity contribution in [3.05, 3.63) is 249 Å². The highest BCUT2D eigenvalue weighted by Crippen LogP contribution is 2.60. The predicted molar refractivity (Wildman–Crippen MR) is 272 cm³/mol. The molecule has 0 amide bonds. The van der Waals surface area contributed by atoms with Gasteiger partial charge in [-0.1, -0.05) is 230 Å². The Balaban J connectivity index is 1.23. The van der Waals surface area contributed by atoms with E-state index < -0.39 is 16.1 Å². The quantitative estimate of drug-likeness (QED) is 0.198. The Labute approximate surface area is 374 Å². The molecule has 8 aliphatic rings. The van der Waals surface area contributed by atoms with Crippen molar-refractivity contribution in [2.24, 2.45) is 23.7 Å². The fourth-order valence-electron chi connectivity index (χ4n) is 12.5. The highest BCUT2D eigenvalue weighted by molar-refractivity contribution is 7.05. The van der Waals surface area contributed by atoms with Gasteiger partial charge in [0.25, 0.3) is 0 Å². The van der Waals surface area contributed by atoms with Crippen LogP contribution in [0.4, 0.5) is 0 Å². The van der Waals surface area contributed by atoms with Crippen molar-refractivity contribution in [3.63, 3.8) is 0 Å². The average molecular weight is 839 g/mol. The Morgan fingerprint density at radius 3 is 1.31 bits per heavy atom. The molecule has 2 aromatic rings. The maximum atomic E-state index is 2.84. The second-order valence-corrected chi connectivity index (χ2v) is 27.4. The van der Waals surface area contributed by atoms with E-state index in [1.54, 1.807) is 32.3 Å². The Kier molecular flexibility index (Phi) is 11.7. The molecule has 6 unspecified atom stereocenters. The molecule has 0 N–H and O–H groups in total. The minimum atomic E-state index is -2.48. The molecule has 310 valence electrons. The molecule has 0 radical (unpaired) electrons. The number of allylic oxidation sites excluding steroid dienone is 31. The third-order valence-corrected chi connectivity index (χ3v) is 25.1. The summed E-state index contributed by atoms with van der Waals surface area (Å²) >= 11 is 0. The smallest absolute Gasteiger partial charge is 0.0837 e. The molecule has 6 atom stereocenters. The molecule has 10 rings (SSSR count). The van der Waals surface area contributed by atoms with Crippen molar-refractivity contribution in [2.75, 3.05) is 0 Å². The third-order valence-electron chi connectivity index (χ3n) is 15.1. The van der Waals surface area contributed by atoms with Gasteiger partial charge in [0.05, 0.1) is 0 Å². The monoisotopic (exact) mass is 838 g/mol. The summed E-state index contributed by atoms with van der Waals surface area (Å²) in [5, 5.41) is 7.02. The van der Waals surface area contributed by atoms with Crippen LogP contribution in [-0.4, -0.2) is 16.1 Å². The van der Waals surface area contributed by atoms with Crippen molar-refractivity contribution in [3.8, 4) is 0 Å². The van der Waals surface area contributed by atoms with Crippen LogP contribution in [0, 0.1) is 23.7 Å². The zero-order chi connectivity index (χ0) is 41.9. The van der Waals surface area contributed by atoms with Crippen LogP contribution in [0.1, 0.15) is 62.5 Å². The Hall–Kier alpha value is -5.29. The molecule has 0 aromatic heterocycles. The predicted octanol–water partition coefficient (Wildman–Crippen LogP) is 15.9. The molecule has 62 heavy (non-hydrogen) atoms.